The molecule has 1 heterocycles. The van der Waals surface area contributed by atoms with Crippen molar-refractivity contribution >= 4 is 11.8 Å². The summed E-state index contributed by atoms with van der Waals surface area (Å²) >= 11 is 2.09. The standard InChI is InChI=1S/C15H23NS/c1-11-4-5-14(10-12(11)2)13(3)16-15-6-8-17-9-7-15/h4-5,10,13,15-16H,6-9H2,1-3H3. The zero-order valence-corrected chi connectivity index (χ0v) is 11.9. The van der Waals surface area contributed by atoms with E-state index in [1.54, 1.807) is 0 Å². The largest absolute Gasteiger partial charge is 0.307 e. The molecule has 0 radical (unpaired) electrons. The third-order valence-corrected chi connectivity index (χ3v) is 4.79. The predicted molar refractivity (Wildman–Crippen MR) is 77.8 cm³/mol. The van der Waals surface area contributed by atoms with Crippen molar-refractivity contribution in [2.45, 2.75) is 45.7 Å². The van der Waals surface area contributed by atoms with Crippen molar-refractivity contribution in [2.24, 2.45) is 0 Å². The maximum Gasteiger partial charge on any atom is 0.0294 e. The molecule has 0 spiro atoms. The minimum atomic E-state index is 0.474. The summed E-state index contributed by atoms with van der Waals surface area (Å²) in [4.78, 5) is 0. The van der Waals surface area contributed by atoms with Crippen LogP contribution in [0.25, 0.3) is 0 Å². The van der Waals surface area contributed by atoms with Gasteiger partial charge < -0.3 is 5.32 Å². The average Bonchev–Trinajstić information content (AvgIpc) is 2.34. The van der Waals surface area contributed by atoms with E-state index in [9.17, 15) is 0 Å². The van der Waals surface area contributed by atoms with Crippen molar-refractivity contribution in [3.63, 3.8) is 0 Å². The molecule has 0 aromatic heterocycles. The van der Waals surface area contributed by atoms with Crippen molar-refractivity contribution in [3.8, 4) is 0 Å². The van der Waals surface area contributed by atoms with Crippen LogP contribution >= 0.6 is 11.8 Å². The Labute approximate surface area is 109 Å². The van der Waals surface area contributed by atoms with E-state index in [1.807, 2.05) is 0 Å². The van der Waals surface area contributed by atoms with Gasteiger partial charge in [-0.15, -0.1) is 0 Å². The lowest BCUT2D eigenvalue weighted by molar-refractivity contribution is 0.431. The van der Waals surface area contributed by atoms with Gasteiger partial charge in [0, 0.05) is 12.1 Å². The Hall–Kier alpha value is -0.470. The summed E-state index contributed by atoms with van der Waals surface area (Å²) in [5.74, 6) is 2.63. The van der Waals surface area contributed by atoms with Crippen LogP contribution in [0, 0.1) is 13.8 Å². The molecule has 1 saturated heterocycles. The number of benzene rings is 1. The molecule has 0 bridgehead atoms. The van der Waals surface area contributed by atoms with Gasteiger partial charge in [-0.2, -0.15) is 11.8 Å². The minimum Gasteiger partial charge on any atom is -0.307 e. The molecule has 1 fully saturated rings. The van der Waals surface area contributed by atoms with Gasteiger partial charge in [0.1, 0.15) is 0 Å². The fourth-order valence-corrected chi connectivity index (χ4v) is 3.45. The van der Waals surface area contributed by atoms with Gasteiger partial charge in [0.15, 0.2) is 0 Å². The van der Waals surface area contributed by atoms with E-state index in [0.29, 0.717) is 12.1 Å². The van der Waals surface area contributed by atoms with Crippen LogP contribution in [0.4, 0.5) is 0 Å². The van der Waals surface area contributed by atoms with Crippen molar-refractivity contribution in [1.82, 2.24) is 5.32 Å². The fourth-order valence-electron chi connectivity index (χ4n) is 2.35. The van der Waals surface area contributed by atoms with Gasteiger partial charge in [-0.1, -0.05) is 18.2 Å². The van der Waals surface area contributed by atoms with Crippen molar-refractivity contribution in [2.75, 3.05) is 11.5 Å². The lowest BCUT2D eigenvalue weighted by atomic mass is 10.0. The van der Waals surface area contributed by atoms with Gasteiger partial charge in [-0.05, 0) is 61.8 Å². The Bertz CT molecular complexity index is 369. The zero-order valence-electron chi connectivity index (χ0n) is 11.1. The lowest BCUT2D eigenvalue weighted by Gasteiger charge is -2.27. The first-order chi connectivity index (χ1) is 8.16. The highest BCUT2D eigenvalue weighted by atomic mass is 32.2. The quantitative estimate of drug-likeness (QED) is 0.873. The minimum absolute atomic E-state index is 0.474. The zero-order chi connectivity index (χ0) is 12.3. The summed E-state index contributed by atoms with van der Waals surface area (Å²) in [6.45, 7) is 6.66. The van der Waals surface area contributed by atoms with Crippen LogP contribution in [0.1, 0.15) is 42.5 Å². The number of hydrogen-bond donors (Lipinski definition) is 1. The second kappa shape index (κ2) is 5.92. The molecule has 1 atom stereocenters. The Morgan fingerprint density at radius 2 is 1.88 bits per heavy atom. The summed E-state index contributed by atoms with van der Waals surface area (Å²) in [5, 5.41) is 3.77. The van der Waals surface area contributed by atoms with Crippen molar-refractivity contribution in [1.29, 1.82) is 0 Å². The van der Waals surface area contributed by atoms with E-state index in [2.05, 4.69) is 56.0 Å². The van der Waals surface area contributed by atoms with E-state index in [1.165, 1.54) is 41.0 Å². The van der Waals surface area contributed by atoms with Crippen LogP contribution in [-0.4, -0.2) is 17.5 Å². The number of aryl methyl sites for hydroxylation is 2. The first kappa shape index (κ1) is 13.0. The van der Waals surface area contributed by atoms with Crippen molar-refractivity contribution < 1.29 is 0 Å². The first-order valence-electron chi connectivity index (χ1n) is 6.58. The van der Waals surface area contributed by atoms with Crippen LogP contribution in [0.2, 0.25) is 0 Å². The normalized spacial score (nSPS) is 19.2. The number of thioether (sulfide) groups is 1. The van der Waals surface area contributed by atoms with Crippen LogP contribution in [0.3, 0.4) is 0 Å². The molecule has 2 heteroatoms. The molecular weight excluding hydrogens is 226 g/mol. The Kier molecular flexibility index (Phi) is 4.52. The average molecular weight is 249 g/mol. The van der Waals surface area contributed by atoms with Gasteiger partial charge in [0.05, 0.1) is 0 Å². The highest BCUT2D eigenvalue weighted by Crippen LogP contribution is 2.22. The molecule has 94 valence electrons. The molecule has 0 saturated carbocycles. The topological polar surface area (TPSA) is 12.0 Å². The summed E-state index contributed by atoms with van der Waals surface area (Å²) in [6, 6.07) is 8.01. The molecule has 17 heavy (non-hydrogen) atoms. The van der Waals surface area contributed by atoms with Gasteiger partial charge in [0.25, 0.3) is 0 Å². The summed E-state index contributed by atoms with van der Waals surface area (Å²) < 4.78 is 0. The molecule has 1 aromatic carbocycles. The van der Waals surface area contributed by atoms with E-state index >= 15 is 0 Å². The third-order valence-electron chi connectivity index (χ3n) is 3.74. The SMILES string of the molecule is Cc1ccc(C(C)NC2CCSCC2)cc1C. The molecule has 0 amide bonds. The van der Waals surface area contributed by atoms with Gasteiger partial charge in [-0.25, -0.2) is 0 Å². The van der Waals surface area contributed by atoms with Gasteiger partial charge in [0.2, 0.25) is 0 Å². The van der Waals surface area contributed by atoms with E-state index in [0.717, 1.165) is 0 Å². The lowest BCUT2D eigenvalue weighted by Crippen LogP contribution is -2.34. The highest BCUT2D eigenvalue weighted by molar-refractivity contribution is 7.99. The summed E-state index contributed by atoms with van der Waals surface area (Å²) in [5.41, 5.74) is 4.21. The van der Waals surface area contributed by atoms with Crippen LogP contribution in [-0.2, 0) is 0 Å². The molecule has 1 aliphatic heterocycles. The summed E-state index contributed by atoms with van der Waals surface area (Å²) in [7, 11) is 0. The van der Waals surface area contributed by atoms with E-state index in [4.69, 9.17) is 0 Å². The second-order valence-electron chi connectivity index (χ2n) is 5.12. The molecule has 1 aliphatic rings. The van der Waals surface area contributed by atoms with Gasteiger partial charge in [-0.3, -0.25) is 0 Å². The number of hydrogen-bond acceptors (Lipinski definition) is 2. The van der Waals surface area contributed by atoms with E-state index < -0.39 is 0 Å². The maximum absolute atomic E-state index is 3.77. The van der Waals surface area contributed by atoms with Crippen LogP contribution < -0.4 is 5.32 Å². The van der Waals surface area contributed by atoms with Crippen LogP contribution in [0.5, 0.6) is 0 Å². The summed E-state index contributed by atoms with van der Waals surface area (Å²) in [6.07, 6.45) is 2.64. The third kappa shape index (κ3) is 3.49. The Balaban J connectivity index is 1.98. The number of nitrogens with one attached hydrogen (secondary N) is 1. The maximum atomic E-state index is 3.77. The molecule has 0 aliphatic carbocycles. The van der Waals surface area contributed by atoms with Crippen LogP contribution in [0.15, 0.2) is 18.2 Å². The highest BCUT2D eigenvalue weighted by Gasteiger charge is 2.16. The molecule has 1 N–H and O–H groups in total. The molecule has 1 nitrogen and oxygen atoms in total. The van der Waals surface area contributed by atoms with Gasteiger partial charge >= 0.3 is 0 Å². The predicted octanol–water partition coefficient (Wildman–Crippen LogP) is 3.85. The monoisotopic (exact) mass is 249 g/mol. The Morgan fingerprint density at radius 3 is 2.53 bits per heavy atom. The Morgan fingerprint density at radius 1 is 1.18 bits per heavy atom. The smallest absolute Gasteiger partial charge is 0.0294 e. The second-order valence-corrected chi connectivity index (χ2v) is 6.34. The molecular formula is C15H23NS. The molecule has 1 aromatic rings. The fraction of sp³-hybridized carbons (Fsp3) is 0.600. The first-order valence-corrected chi connectivity index (χ1v) is 7.73. The van der Waals surface area contributed by atoms with E-state index in [-0.39, 0.29) is 0 Å². The molecule has 1 unspecified atom stereocenters. The van der Waals surface area contributed by atoms with Crippen molar-refractivity contribution in [3.05, 3.63) is 34.9 Å². The number of rotatable bonds is 3. The molecule has 2 rings (SSSR count).